The Morgan fingerprint density at radius 1 is 1.26 bits per heavy atom. The Morgan fingerprint density at radius 3 is 2.60 bits per heavy atom. The first-order valence-corrected chi connectivity index (χ1v) is 15.6. The van der Waals surface area contributed by atoms with E-state index in [9.17, 15) is 14.4 Å². The molecule has 4 atom stereocenters. The van der Waals surface area contributed by atoms with Crippen LogP contribution in [0.3, 0.4) is 0 Å². The fourth-order valence-corrected chi connectivity index (χ4v) is 10.4. The summed E-state index contributed by atoms with van der Waals surface area (Å²) >= 11 is 3.50. The van der Waals surface area contributed by atoms with E-state index in [-0.39, 0.29) is 23.7 Å². The van der Waals surface area contributed by atoms with Crippen molar-refractivity contribution >= 4 is 58.4 Å². The number of rotatable bonds is 9. The first-order valence-electron chi connectivity index (χ1n) is 11.1. The van der Waals surface area contributed by atoms with Crippen LogP contribution in [0, 0.1) is 5.92 Å². The number of ether oxygens (including phenoxy) is 3. The van der Waals surface area contributed by atoms with Gasteiger partial charge < -0.3 is 24.1 Å². The zero-order valence-corrected chi connectivity index (χ0v) is 22.3. The van der Waals surface area contributed by atoms with Crippen LogP contribution < -0.4 is 10.9 Å². The van der Waals surface area contributed by atoms with Gasteiger partial charge in [0.15, 0.2) is 36.2 Å². The fourth-order valence-electron chi connectivity index (χ4n) is 3.68. The van der Waals surface area contributed by atoms with Crippen LogP contribution in [0.1, 0.15) is 33.9 Å². The predicted molar refractivity (Wildman–Crippen MR) is 134 cm³/mol. The maximum atomic E-state index is 12.6. The Hall–Kier alpha value is -1.86. The van der Waals surface area contributed by atoms with Crippen LogP contribution in [0.5, 0.6) is 0 Å². The number of aromatic nitrogens is 4. The van der Waals surface area contributed by atoms with Crippen molar-refractivity contribution < 1.29 is 28.3 Å². The van der Waals surface area contributed by atoms with Gasteiger partial charge in [-0.2, -0.15) is 4.98 Å². The minimum atomic E-state index is -0.993. The number of H-pyrrole nitrogens is 1. The molecular formula is C20H28N5O7PS2. The molecule has 192 valence electrons. The van der Waals surface area contributed by atoms with Crippen molar-refractivity contribution in [2.75, 3.05) is 30.0 Å². The van der Waals surface area contributed by atoms with Gasteiger partial charge in [-0.05, 0) is 5.92 Å². The Kier molecular flexibility index (Phi) is 8.59. The van der Waals surface area contributed by atoms with Crippen LogP contribution in [-0.2, 0) is 28.3 Å². The number of hydrogen-bond acceptors (Lipinski definition) is 12. The van der Waals surface area contributed by atoms with E-state index in [0.29, 0.717) is 12.5 Å². The molecule has 12 nitrogen and oxygen atoms in total. The number of carbonyl (C=O) groups is 2. The molecule has 2 aromatic rings. The summed E-state index contributed by atoms with van der Waals surface area (Å²) in [6.45, 7) is 6.65. The van der Waals surface area contributed by atoms with Crippen molar-refractivity contribution in [3.63, 3.8) is 0 Å². The van der Waals surface area contributed by atoms with Crippen LogP contribution in [0.25, 0.3) is 11.2 Å². The van der Waals surface area contributed by atoms with Crippen LogP contribution in [0.15, 0.2) is 11.1 Å². The lowest BCUT2D eigenvalue weighted by molar-refractivity contribution is -0.165. The molecule has 0 unspecified atom stereocenters. The van der Waals surface area contributed by atoms with Gasteiger partial charge in [0.05, 0.1) is 12.9 Å². The standard InChI is InChI=1S/C20H28N5O7PS2/c1-10(2)7-21-20-23-17-14(18(28)24-20)22-9-25(17)19-16(31-12(4)27)15(30-11(3)26)13(32-19)8-29-33-34-5-6-35-33/h9-10,13,15-16,19H,5-8H2,1-4H3,(H2,21,23,24,28)/t13-,15-,16-,19-/m1/s1. The second-order valence-electron chi connectivity index (χ2n) is 8.41. The summed E-state index contributed by atoms with van der Waals surface area (Å²) in [5.74, 6) is 1.54. The molecule has 0 bridgehead atoms. The monoisotopic (exact) mass is 545 g/mol. The summed E-state index contributed by atoms with van der Waals surface area (Å²) in [4.78, 5) is 47.9. The second-order valence-corrected chi connectivity index (χ2v) is 14.7. The molecule has 0 radical (unpaired) electrons. The predicted octanol–water partition coefficient (Wildman–Crippen LogP) is 2.67. The van der Waals surface area contributed by atoms with E-state index in [1.807, 2.05) is 13.8 Å². The zero-order valence-electron chi connectivity index (χ0n) is 19.8. The van der Waals surface area contributed by atoms with Crippen molar-refractivity contribution in [3.8, 4) is 0 Å². The van der Waals surface area contributed by atoms with E-state index in [1.54, 1.807) is 22.8 Å². The molecule has 0 amide bonds. The Bertz CT molecular complexity index is 1120. The van der Waals surface area contributed by atoms with Crippen molar-refractivity contribution in [3.05, 3.63) is 16.7 Å². The van der Waals surface area contributed by atoms with Gasteiger partial charge in [0.1, 0.15) is 6.10 Å². The molecule has 2 aliphatic rings. The number of nitrogens with one attached hydrogen (secondary N) is 2. The van der Waals surface area contributed by atoms with E-state index >= 15 is 0 Å². The molecule has 15 heteroatoms. The van der Waals surface area contributed by atoms with E-state index in [2.05, 4.69) is 20.3 Å². The third kappa shape index (κ3) is 6.29. The lowest BCUT2D eigenvalue weighted by atomic mass is 10.1. The Balaban J connectivity index is 1.67. The largest absolute Gasteiger partial charge is 0.456 e. The van der Waals surface area contributed by atoms with Gasteiger partial charge in [0.2, 0.25) is 5.95 Å². The number of fused-ring (bicyclic) bond motifs is 1. The molecule has 2 saturated heterocycles. The van der Waals surface area contributed by atoms with Gasteiger partial charge in [-0.15, -0.1) is 0 Å². The third-order valence-corrected chi connectivity index (χ3v) is 11.8. The minimum Gasteiger partial charge on any atom is -0.456 e. The molecule has 2 fully saturated rings. The smallest absolute Gasteiger partial charge is 0.303 e. The average molecular weight is 546 g/mol. The topological polar surface area (TPSA) is 147 Å². The number of aromatic amines is 1. The van der Waals surface area contributed by atoms with E-state index in [4.69, 9.17) is 18.7 Å². The Labute approximate surface area is 210 Å². The summed E-state index contributed by atoms with van der Waals surface area (Å²) in [5.41, 5.74) is -0.0654. The molecule has 2 N–H and O–H groups in total. The molecule has 0 saturated carbocycles. The number of esters is 2. The van der Waals surface area contributed by atoms with Gasteiger partial charge in [-0.25, -0.2) is 4.98 Å². The number of anilines is 1. The molecule has 4 rings (SSSR count). The molecule has 2 aliphatic heterocycles. The lowest BCUT2D eigenvalue weighted by Crippen LogP contribution is -2.40. The molecular weight excluding hydrogens is 517 g/mol. The number of carbonyl (C=O) groups excluding carboxylic acids is 2. The zero-order chi connectivity index (χ0) is 25.1. The molecule has 0 aromatic carbocycles. The van der Waals surface area contributed by atoms with Crippen LogP contribution in [0.2, 0.25) is 0 Å². The highest BCUT2D eigenvalue weighted by molar-refractivity contribution is 8.88. The van der Waals surface area contributed by atoms with Crippen molar-refractivity contribution in [2.45, 2.75) is 52.2 Å². The highest BCUT2D eigenvalue weighted by Crippen LogP contribution is 2.66. The SMILES string of the molecule is CC(=O)O[C@@H]1[C@H](OC(C)=O)[C@@H](COP2SCCS2)O[C@H]1n1cnc2c(=O)[nH]c(NCC(C)C)nc21. The van der Waals surface area contributed by atoms with Gasteiger partial charge in [-0.1, -0.05) is 36.6 Å². The summed E-state index contributed by atoms with van der Waals surface area (Å²) < 4.78 is 24.9. The number of imidazole rings is 1. The van der Waals surface area contributed by atoms with Gasteiger partial charge >= 0.3 is 11.9 Å². The van der Waals surface area contributed by atoms with Crippen molar-refractivity contribution in [1.29, 1.82) is 0 Å². The molecule has 35 heavy (non-hydrogen) atoms. The van der Waals surface area contributed by atoms with Gasteiger partial charge in [-0.3, -0.25) is 23.9 Å². The maximum Gasteiger partial charge on any atom is 0.303 e. The van der Waals surface area contributed by atoms with Crippen LogP contribution in [0.4, 0.5) is 5.95 Å². The number of nitrogens with zero attached hydrogens (tertiary/aromatic N) is 3. The first kappa shape index (κ1) is 26.2. The van der Waals surface area contributed by atoms with Crippen molar-refractivity contribution in [2.24, 2.45) is 5.92 Å². The third-order valence-electron chi connectivity index (χ3n) is 5.09. The lowest BCUT2D eigenvalue weighted by Gasteiger charge is -2.24. The molecule has 0 aliphatic carbocycles. The highest BCUT2D eigenvalue weighted by Gasteiger charge is 2.51. The highest BCUT2D eigenvalue weighted by atomic mass is 33.1. The summed E-state index contributed by atoms with van der Waals surface area (Å²) in [6, 6.07) is 0. The normalized spacial score (nSPS) is 24.8. The van der Waals surface area contributed by atoms with E-state index in [1.165, 1.54) is 24.7 Å². The molecule has 2 aromatic heterocycles. The fraction of sp³-hybridized carbons (Fsp3) is 0.650. The van der Waals surface area contributed by atoms with Gasteiger partial charge in [0, 0.05) is 31.9 Å². The Morgan fingerprint density at radius 2 is 1.94 bits per heavy atom. The average Bonchev–Trinajstić information content (AvgIpc) is 3.51. The van der Waals surface area contributed by atoms with Crippen LogP contribution in [-0.4, -0.2) is 74.4 Å². The van der Waals surface area contributed by atoms with E-state index < -0.39 is 48.6 Å². The minimum absolute atomic E-state index is 0.108. The molecule has 0 spiro atoms. The summed E-state index contributed by atoms with van der Waals surface area (Å²) in [5, 5.41) is 3.10. The van der Waals surface area contributed by atoms with E-state index in [0.717, 1.165) is 11.5 Å². The molecule has 4 heterocycles. The summed E-state index contributed by atoms with van der Waals surface area (Å²) in [7, 11) is 0. The quantitative estimate of drug-likeness (QED) is 0.353. The van der Waals surface area contributed by atoms with Gasteiger partial charge in [0.25, 0.3) is 5.56 Å². The maximum absolute atomic E-state index is 12.6. The van der Waals surface area contributed by atoms with Crippen LogP contribution >= 0.6 is 29.3 Å². The van der Waals surface area contributed by atoms with Crippen molar-refractivity contribution in [1.82, 2.24) is 19.5 Å². The number of hydrogen-bond donors (Lipinski definition) is 2. The summed E-state index contributed by atoms with van der Waals surface area (Å²) in [6.07, 6.45) is -2.14. The first-order chi connectivity index (χ1) is 16.7. The second kappa shape index (κ2) is 11.5.